The second kappa shape index (κ2) is 9.39. The molecule has 1 aliphatic carbocycles. The van der Waals surface area contributed by atoms with E-state index in [2.05, 4.69) is 44.7 Å². The molecule has 2 amide bonds. The molecule has 29 heavy (non-hydrogen) atoms. The highest BCUT2D eigenvalue weighted by molar-refractivity contribution is 5.74. The van der Waals surface area contributed by atoms with Gasteiger partial charge in [-0.2, -0.15) is 4.98 Å². The number of nitrogens with zero attached hydrogens (tertiary/aromatic N) is 3. The smallest absolute Gasteiger partial charge is 0.315 e. The number of carbonyl (C=O) groups excluding carboxylic acids is 1. The van der Waals surface area contributed by atoms with Gasteiger partial charge >= 0.3 is 6.03 Å². The Morgan fingerprint density at radius 3 is 2.55 bits per heavy atom. The maximum Gasteiger partial charge on any atom is 0.315 e. The fraction of sp³-hybridized carbons (Fsp3) is 0.591. The van der Waals surface area contributed by atoms with Crippen LogP contribution in [0.2, 0.25) is 0 Å². The molecule has 1 aromatic heterocycles. The van der Waals surface area contributed by atoms with Gasteiger partial charge in [0, 0.05) is 30.7 Å². The van der Waals surface area contributed by atoms with Crippen molar-refractivity contribution in [2.45, 2.75) is 70.5 Å². The van der Waals surface area contributed by atoms with Crippen LogP contribution in [0.4, 0.5) is 4.79 Å². The molecule has 7 nitrogen and oxygen atoms in total. The zero-order valence-corrected chi connectivity index (χ0v) is 17.2. The Bertz CT molecular complexity index is 807. The van der Waals surface area contributed by atoms with Crippen molar-refractivity contribution in [2.75, 3.05) is 13.1 Å². The maximum atomic E-state index is 12.2. The molecule has 2 heterocycles. The molecule has 2 N–H and O–H groups in total. The van der Waals surface area contributed by atoms with Gasteiger partial charge in [-0.3, -0.25) is 4.90 Å². The lowest BCUT2D eigenvalue weighted by atomic mass is 9.96. The summed E-state index contributed by atoms with van der Waals surface area (Å²) in [6.07, 6.45) is 7.86. The lowest BCUT2D eigenvalue weighted by Gasteiger charge is -2.32. The molecule has 1 aliphatic heterocycles. The van der Waals surface area contributed by atoms with Gasteiger partial charge in [0.05, 0.1) is 6.54 Å². The van der Waals surface area contributed by atoms with E-state index in [4.69, 9.17) is 4.52 Å². The van der Waals surface area contributed by atoms with E-state index in [-0.39, 0.29) is 12.1 Å². The zero-order chi connectivity index (χ0) is 20.1. The fourth-order valence-electron chi connectivity index (χ4n) is 4.31. The van der Waals surface area contributed by atoms with Crippen LogP contribution in [0.1, 0.15) is 56.4 Å². The first-order valence-electron chi connectivity index (χ1n) is 10.8. The van der Waals surface area contributed by atoms with Crippen LogP contribution >= 0.6 is 0 Å². The molecule has 0 atom stereocenters. The summed E-state index contributed by atoms with van der Waals surface area (Å²) in [5, 5.41) is 10.4. The van der Waals surface area contributed by atoms with Crippen LogP contribution in [-0.4, -0.2) is 46.2 Å². The molecule has 7 heteroatoms. The lowest BCUT2D eigenvalue weighted by Crippen LogP contribution is -2.50. The molecule has 1 saturated carbocycles. The van der Waals surface area contributed by atoms with Gasteiger partial charge < -0.3 is 15.2 Å². The molecular weight excluding hydrogens is 366 g/mol. The molecule has 2 aromatic rings. The second-order valence-electron chi connectivity index (χ2n) is 8.38. The summed E-state index contributed by atoms with van der Waals surface area (Å²) in [7, 11) is 0. The number of aromatic nitrogens is 2. The van der Waals surface area contributed by atoms with E-state index in [0.717, 1.165) is 44.3 Å². The summed E-state index contributed by atoms with van der Waals surface area (Å²) in [4.78, 5) is 19.1. The zero-order valence-electron chi connectivity index (χ0n) is 17.2. The summed E-state index contributed by atoms with van der Waals surface area (Å²) < 4.78 is 5.46. The van der Waals surface area contributed by atoms with Crippen molar-refractivity contribution in [3.63, 3.8) is 0 Å². The van der Waals surface area contributed by atoms with Crippen LogP contribution < -0.4 is 10.6 Å². The number of nitrogens with one attached hydrogen (secondary N) is 2. The molecule has 0 spiro atoms. The Morgan fingerprint density at radius 2 is 1.83 bits per heavy atom. The number of amides is 2. The van der Waals surface area contributed by atoms with Crippen LogP contribution in [0.5, 0.6) is 0 Å². The topological polar surface area (TPSA) is 83.3 Å². The van der Waals surface area contributed by atoms with Gasteiger partial charge in [0.1, 0.15) is 0 Å². The first kappa shape index (κ1) is 19.9. The van der Waals surface area contributed by atoms with Gasteiger partial charge in [0.25, 0.3) is 0 Å². The number of hydrogen-bond donors (Lipinski definition) is 2. The Kier molecular flexibility index (Phi) is 6.44. The quantitative estimate of drug-likeness (QED) is 0.805. The summed E-state index contributed by atoms with van der Waals surface area (Å²) in [6, 6.07) is 8.70. The molecule has 0 unspecified atom stereocenters. The average Bonchev–Trinajstić information content (AvgIpc) is 3.19. The lowest BCUT2D eigenvalue weighted by molar-refractivity contribution is 0.168. The maximum absolute atomic E-state index is 12.2. The number of benzene rings is 1. The third kappa shape index (κ3) is 5.56. The normalized spacial score (nSPS) is 19.2. The van der Waals surface area contributed by atoms with E-state index < -0.39 is 0 Å². The molecule has 2 aliphatic rings. The Morgan fingerprint density at radius 1 is 1.10 bits per heavy atom. The standard InChI is InChI=1S/C22H31N5O2/c1-16-6-5-7-17(14-16)21-25-20(29-26-21)15-27-12-10-19(11-13-27)24-22(28)23-18-8-3-2-4-9-18/h5-7,14,18-19H,2-4,8-13,15H2,1H3,(H2,23,24,28). The molecular formula is C22H31N5O2. The second-order valence-corrected chi connectivity index (χ2v) is 8.38. The van der Waals surface area contributed by atoms with E-state index in [1.165, 1.54) is 24.8 Å². The summed E-state index contributed by atoms with van der Waals surface area (Å²) in [5.74, 6) is 1.28. The molecule has 4 rings (SSSR count). The number of urea groups is 1. The first-order chi connectivity index (χ1) is 14.2. The SMILES string of the molecule is Cc1cccc(-c2noc(CN3CCC(NC(=O)NC4CCCCC4)CC3)n2)c1. The van der Waals surface area contributed by atoms with Crippen molar-refractivity contribution < 1.29 is 9.32 Å². The number of hydrogen-bond acceptors (Lipinski definition) is 5. The van der Waals surface area contributed by atoms with Gasteiger partial charge in [0.2, 0.25) is 11.7 Å². The summed E-state index contributed by atoms with van der Waals surface area (Å²) >= 11 is 0. The first-order valence-corrected chi connectivity index (χ1v) is 10.8. The van der Waals surface area contributed by atoms with Gasteiger partial charge in [-0.05, 0) is 38.7 Å². The molecule has 156 valence electrons. The highest BCUT2D eigenvalue weighted by Gasteiger charge is 2.23. The minimum absolute atomic E-state index is 0.00459. The number of rotatable bonds is 5. The van der Waals surface area contributed by atoms with Crippen LogP contribution in [0.15, 0.2) is 28.8 Å². The Labute approximate surface area is 172 Å². The van der Waals surface area contributed by atoms with Crippen molar-refractivity contribution in [3.8, 4) is 11.4 Å². The predicted molar refractivity (Wildman–Crippen MR) is 111 cm³/mol. The number of aryl methyl sites for hydroxylation is 1. The summed E-state index contributed by atoms with van der Waals surface area (Å²) in [5.41, 5.74) is 2.16. The number of carbonyl (C=O) groups is 1. The van der Waals surface area contributed by atoms with Gasteiger partial charge in [-0.25, -0.2) is 4.79 Å². The van der Waals surface area contributed by atoms with E-state index >= 15 is 0 Å². The van der Waals surface area contributed by atoms with Crippen molar-refractivity contribution >= 4 is 6.03 Å². The molecule has 2 fully saturated rings. The summed E-state index contributed by atoms with van der Waals surface area (Å²) in [6.45, 7) is 4.53. The van der Waals surface area contributed by atoms with E-state index in [0.29, 0.717) is 24.3 Å². The Balaban J connectivity index is 1.21. The minimum atomic E-state index is -0.00459. The highest BCUT2D eigenvalue weighted by Crippen LogP contribution is 2.19. The Hall–Kier alpha value is -2.41. The molecule has 1 aromatic carbocycles. The third-order valence-corrected chi connectivity index (χ3v) is 5.97. The van der Waals surface area contributed by atoms with Gasteiger partial charge in [0.15, 0.2) is 0 Å². The van der Waals surface area contributed by atoms with Crippen LogP contribution in [0.3, 0.4) is 0 Å². The highest BCUT2D eigenvalue weighted by atomic mass is 16.5. The van der Waals surface area contributed by atoms with Gasteiger partial charge in [-0.15, -0.1) is 0 Å². The fourth-order valence-corrected chi connectivity index (χ4v) is 4.31. The monoisotopic (exact) mass is 397 g/mol. The van der Waals surface area contributed by atoms with E-state index in [1.807, 2.05) is 12.1 Å². The van der Waals surface area contributed by atoms with Crippen LogP contribution in [0.25, 0.3) is 11.4 Å². The minimum Gasteiger partial charge on any atom is -0.338 e. The van der Waals surface area contributed by atoms with E-state index in [1.54, 1.807) is 0 Å². The van der Waals surface area contributed by atoms with Crippen LogP contribution in [0, 0.1) is 6.92 Å². The third-order valence-electron chi connectivity index (χ3n) is 5.97. The van der Waals surface area contributed by atoms with Crippen molar-refractivity contribution in [1.82, 2.24) is 25.7 Å². The molecule has 0 radical (unpaired) electrons. The number of piperidine rings is 1. The van der Waals surface area contributed by atoms with E-state index in [9.17, 15) is 4.79 Å². The van der Waals surface area contributed by atoms with Crippen molar-refractivity contribution in [1.29, 1.82) is 0 Å². The largest absolute Gasteiger partial charge is 0.338 e. The van der Waals surface area contributed by atoms with Crippen LogP contribution in [-0.2, 0) is 6.54 Å². The molecule has 0 bridgehead atoms. The molecule has 1 saturated heterocycles. The van der Waals surface area contributed by atoms with Gasteiger partial charge in [-0.1, -0.05) is 48.2 Å². The predicted octanol–water partition coefficient (Wildman–Crippen LogP) is 3.64. The average molecular weight is 398 g/mol. The number of likely N-dealkylation sites (tertiary alicyclic amines) is 1. The van der Waals surface area contributed by atoms with Crippen molar-refractivity contribution in [3.05, 3.63) is 35.7 Å². The van der Waals surface area contributed by atoms with Crippen molar-refractivity contribution in [2.24, 2.45) is 0 Å².